The predicted molar refractivity (Wildman–Crippen MR) is 190 cm³/mol. The quantitative estimate of drug-likeness (QED) is 0.174. The molecule has 0 aliphatic carbocycles. The van der Waals surface area contributed by atoms with Crippen molar-refractivity contribution in [1.82, 2.24) is 9.97 Å². The largest absolute Gasteiger partial charge is 0.383 e. The van der Waals surface area contributed by atoms with Gasteiger partial charge in [0.15, 0.2) is 5.82 Å². The number of benzene rings is 6. The molecule has 0 amide bonds. The Morgan fingerprint density at radius 3 is 1.62 bits per heavy atom. The van der Waals surface area contributed by atoms with Gasteiger partial charge in [-0.3, -0.25) is 0 Å². The molecule has 0 aliphatic rings. The minimum atomic E-state index is 0.711. The zero-order chi connectivity index (χ0) is 30.3. The van der Waals surface area contributed by atoms with Crippen LogP contribution in [0.4, 0.5) is 22.7 Å². The fourth-order valence-electron chi connectivity index (χ4n) is 5.45. The van der Waals surface area contributed by atoms with Gasteiger partial charge >= 0.3 is 0 Å². The van der Waals surface area contributed by atoms with E-state index in [4.69, 9.17) is 9.97 Å². The van der Waals surface area contributed by atoms with Crippen molar-refractivity contribution >= 4 is 35.6 Å². The van der Waals surface area contributed by atoms with E-state index in [0.717, 1.165) is 58.2 Å². The molecule has 0 fully saturated rings. The number of aromatic nitrogens is 2. The summed E-state index contributed by atoms with van der Waals surface area (Å²) in [4.78, 5) is 12.3. The number of hydrogen-bond donors (Lipinski definition) is 1. The Hall–Kier alpha value is -5.94. The maximum Gasteiger partial charge on any atom is 0.275 e. The van der Waals surface area contributed by atoms with Gasteiger partial charge in [-0.1, -0.05) is 139 Å². The highest BCUT2D eigenvalue weighted by Gasteiger charge is 2.16. The molecule has 0 atom stereocenters. The van der Waals surface area contributed by atoms with E-state index in [9.17, 15) is 0 Å². The molecule has 1 heterocycles. The first-order valence-corrected chi connectivity index (χ1v) is 15.1. The van der Waals surface area contributed by atoms with E-state index in [1.807, 2.05) is 36.4 Å². The molecule has 45 heavy (non-hydrogen) atoms. The Balaban J connectivity index is 1.21. The lowest BCUT2D eigenvalue weighted by Gasteiger charge is -2.27. The van der Waals surface area contributed by atoms with Crippen LogP contribution in [0.1, 0.15) is 0 Å². The number of rotatable bonds is 9. The zero-order valence-electron chi connectivity index (χ0n) is 24.8. The van der Waals surface area contributed by atoms with Crippen molar-refractivity contribution in [3.8, 4) is 33.9 Å². The van der Waals surface area contributed by atoms with E-state index in [-0.39, 0.29) is 0 Å². The van der Waals surface area contributed by atoms with Crippen molar-refractivity contribution in [2.24, 2.45) is 0 Å². The second-order valence-corrected chi connectivity index (χ2v) is 10.8. The highest BCUT2D eigenvalue weighted by atomic mass is 15.1. The van der Waals surface area contributed by atoms with Crippen LogP contribution in [0.3, 0.4) is 0 Å². The Labute approximate surface area is 265 Å². The van der Waals surface area contributed by atoms with Crippen molar-refractivity contribution in [3.05, 3.63) is 176 Å². The van der Waals surface area contributed by atoms with Crippen LogP contribution in [0.5, 0.6) is 0 Å². The second-order valence-electron chi connectivity index (χ2n) is 10.8. The van der Waals surface area contributed by atoms with Crippen molar-refractivity contribution in [2.45, 2.75) is 0 Å². The fourth-order valence-corrected chi connectivity index (χ4v) is 5.45. The summed E-state index contributed by atoms with van der Waals surface area (Å²) in [6.07, 6.45) is 0. The van der Waals surface area contributed by atoms with Gasteiger partial charge in [-0.15, -0.1) is 0 Å². The maximum atomic E-state index is 4.99. The van der Waals surface area contributed by atoms with Crippen LogP contribution in [0.15, 0.2) is 176 Å². The number of nitrogens with one attached hydrogen (secondary N) is 1. The summed E-state index contributed by atoms with van der Waals surface area (Å²) in [5, 5.41) is 3.69. The monoisotopic (exact) mass is 578 g/mol. The summed E-state index contributed by atoms with van der Waals surface area (Å²) < 4.78 is 0. The van der Waals surface area contributed by atoms with Gasteiger partial charge in [0.1, 0.15) is 0 Å². The molecule has 4 nitrogen and oxygen atoms in total. The first-order chi connectivity index (χ1) is 22.3. The number of para-hydroxylation sites is 3. The highest BCUT2D eigenvalue weighted by molar-refractivity contribution is 6.59. The van der Waals surface area contributed by atoms with E-state index in [0.29, 0.717) is 5.82 Å². The summed E-state index contributed by atoms with van der Waals surface area (Å²) in [6.45, 7) is 0. The second kappa shape index (κ2) is 13.1. The van der Waals surface area contributed by atoms with E-state index < -0.39 is 0 Å². The van der Waals surface area contributed by atoms with Crippen LogP contribution >= 0.6 is 0 Å². The molecule has 214 valence electrons. The average Bonchev–Trinajstić information content (AvgIpc) is 3.13. The van der Waals surface area contributed by atoms with Crippen molar-refractivity contribution in [1.29, 1.82) is 0 Å². The summed E-state index contributed by atoms with van der Waals surface area (Å²) in [7, 11) is 0.754. The first-order valence-electron chi connectivity index (χ1n) is 15.1. The molecule has 6 aromatic carbocycles. The topological polar surface area (TPSA) is 41.0 Å². The van der Waals surface area contributed by atoms with Crippen LogP contribution in [0, 0.1) is 0 Å². The van der Waals surface area contributed by atoms with Gasteiger partial charge in [0.25, 0.3) is 7.41 Å². The molecule has 1 N–H and O–H groups in total. The van der Waals surface area contributed by atoms with E-state index >= 15 is 0 Å². The number of anilines is 4. The highest BCUT2D eigenvalue weighted by Crippen LogP contribution is 2.34. The van der Waals surface area contributed by atoms with Gasteiger partial charge in [-0.05, 0) is 42.5 Å². The van der Waals surface area contributed by atoms with Crippen LogP contribution < -0.4 is 15.6 Å². The molecular weight excluding hydrogens is 547 g/mol. The third-order valence-corrected chi connectivity index (χ3v) is 7.73. The predicted octanol–water partition coefficient (Wildman–Crippen LogP) is 9.04. The molecule has 7 rings (SSSR count). The zero-order valence-corrected chi connectivity index (χ0v) is 24.8. The first kappa shape index (κ1) is 27.9. The molecule has 0 unspecified atom stereocenters. The summed E-state index contributed by atoms with van der Waals surface area (Å²) in [6, 6.07) is 60.5. The summed E-state index contributed by atoms with van der Waals surface area (Å²) in [5.41, 5.74) is 10.4. The molecule has 7 aromatic rings. The normalized spacial score (nSPS) is 10.7. The van der Waals surface area contributed by atoms with Crippen molar-refractivity contribution in [3.63, 3.8) is 0 Å². The van der Waals surface area contributed by atoms with Crippen LogP contribution in [0.2, 0.25) is 0 Å². The maximum absolute atomic E-state index is 4.99. The Morgan fingerprint density at radius 1 is 0.467 bits per heavy atom. The molecule has 0 saturated heterocycles. The molecule has 0 radical (unpaired) electrons. The molecule has 0 saturated carbocycles. The molecule has 5 heteroatoms. The SMILES string of the molecule is B(c1ccccc1)N(c1ccccc1)c1ccccc1Nc1ccc(-c2cc(-c3ccccc3)nc(-c3ccccc3)n2)cc1. The molecule has 0 bridgehead atoms. The van der Waals surface area contributed by atoms with Crippen LogP contribution in [0.25, 0.3) is 33.9 Å². The molecular formula is C40H31BN4. The molecule has 1 aromatic heterocycles. The lowest BCUT2D eigenvalue weighted by atomic mass is 9.79. The lowest BCUT2D eigenvalue weighted by molar-refractivity contribution is 1.18. The third-order valence-electron chi connectivity index (χ3n) is 7.73. The van der Waals surface area contributed by atoms with E-state index in [2.05, 4.69) is 150 Å². The minimum absolute atomic E-state index is 0.711. The van der Waals surface area contributed by atoms with Gasteiger partial charge in [0, 0.05) is 28.1 Å². The number of hydrogen-bond acceptors (Lipinski definition) is 4. The van der Waals surface area contributed by atoms with Gasteiger partial charge in [-0.25, -0.2) is 9.97 Å². The lowest BCUT2D eigenvalue weighted by Crippen LogP contribution is -2.32. The minimum Gasteiger partial charge on any atom is -0.383 e. The Morgan fingerprint density at radius 2 is 0.978 bits per heavy atom. The number of nitrogens with zero attached hydrogens (tertiary/aromatic N) is 3. The van der Waals surface area contributed by atoms with Gasteiger partial charge in [0.05, 0.1) is 22.8 Å². The van der Waals surface area contributed by atoms with Gasteiger partial charge in [-0.2, -0.15) is 0 Å². The van der Waals surface area contributed by atoms with E-state index in [1.54, 1.807) is 0 Å². The Bertz CT molecular complexity index is 1930. The summed E-state index contributed by atoms with van der Waals surface area (Å²) >= 11 is 0. The Kier molecular flexibility index (Phi) is 8.14. The molecule has 0 spiro atoms. The van der Waals surface area contributed by atoms with Gasteiger partial charge in [0.2, 0.25) is 0 Å². The smallest absolute Gasteiger partial charge is 0.275 e. The molecule has 0 aliphatic heterocycles. The standard InChI is InChI=1S/C40H31BN4/c1-5-15-30(16-6-1)37-29-38(44-40(43-37)32-17-7-2-8-18-32)31-25-27-34(28-26-31)42-36-23-13-14-24-39(36)45(35-21-11-4-12-22-35)41-33-19-9-3-10-20-33/h1-29,41-42H. The van der Waals surface area contributed by atoms with Crippen molar-refractivity contribution < 1.29 is 0 Å². The average molecular weight is 579 g/mol. The fraction of sp³-hybridized carbons (Fsp3) is 0. The van der Waals surface area contributed by atoms with Gasteiger partial charge < -0.3 is 10.1 Å². The van der Waals surface area contributed by atoms with Crippen LogP contribution in [-0.2, 0) is 0 Å². The summed E-state index contributed by atoms with van der Waals surface area (Å²) in [5.74, 6) is 0.711. The third kappa shape index (κ3) is 6.53. The van der Waals surface area contributed by atoms with E-state index in [1.165, 1.54) is 5.46 Å². The van der Waals surface area contributed by atoms with Crippen molar-refractivity contribution in [2.75, 3.05) is 10.1 Å². The van der Waals surface area contributed by atoms with Crippen LogP contribution in [-0.4, -0.2) is 17.4 Å².